The molecule has 13 heteroatoms. The molecule has 8 nitrogen and oxygen atoms in total. The number of rotatable bonds is 6. The van der Waals surface area contributed by atoms with Crippen LogP contribution in [0.3, 0.4) is 0 Å². The van der Waals surface area contributed by atoms with E-state index in [0.717, 1.165) is 34.6 Å². The van der Waals surface area contributed by atoms with E-state index in [1.54, 1.807) is 0 Å². The van der Waals surface area contributed by atoms with Crippen molar-refractivity contribution in [1.82, 2.24) is 10.0 Å². The van der Waals surface area contributed by atoms with Crippen LogP contribution >= 0.6 is 22.9 Å². The monoisotopic (exact) mass is 512 g/mol. The summed E-state index contributed by atoms with van der Waals surface area (Å²) in [6, 6.07) is 7.96. The van der Waals surface area contributed by atoms with Crippen molar-refractivity contribution < 1.29 is 32.4 Å². The SMILES string of the molecule is CON(C)C(=O)c1ncc(NC(=O)c2cc(NC(=O)c3cccc(C(F)(F)F)c3)ccc2Cl)s1. The molecule has 3 rings (SSSR count). The lowest BCUT2D eigenvalue weighted by atomic mass is 10.1. The topological polar surface area (TPSA) is 101 Å². The number of alkyl halides is 3. The number of hydrogen-bond acceptors (Lipinski definition) is 6. The fraction of sp³-hybridized carbons (Fsp3) is 0.143. The van der Waals surface area contributed by atoms with Crippen LogP contribution in [-0.4, -0.2) is 41.9 Å². The minimum absolute atomic E-state index is 0.0150. The average molecular weight is 513 g/mol. The summed E-state index contributed by atoms with van der Waals surface area (Å²) in [5.41, 5.74) is -1.05. The minimum atomic E-state index is -4.60. The molecule has 0 unspecified atom stereocenters. The molecule has 2 aromatic carbocycles. The highest BCUT2D eigenvalue weighted by Crippen LogP contribution is 2.30. The quantitative estimate of drug-likeness (QED) is 0.455. The maximum atomic E-state index is 12.9. The molecular weight excluding hydrogens is 497 g/mol. The number of nitrogens with one attached hydrogen (secondary N) is 2. The van der Waals surface area contributed by atoms with E-state index in [1.807, 2.05) is 0 Å². The second-order valence-corrected chi connectivity index (χ2v) is 8.13. The van der Waals surface area contributed by atoms with Crippen LogP contribution in [0.2, 0.25) is 5.02 Å². The van der Waals surface area contributed by atoms with Gasteiger partial charge in [-0.05, 0) is 36.4 Å². The van der Waals surface area contributed by atoms with Crippen LogP contribution in [0.5, 0.6) is 0 Å². The maximum absolute atomic E-state index is 12.9. The van der Waals surface area contributed by atoms with Gasteiger partial charge >= 0.3 is 12.1 Å². The zero-order chi connectivity index (χ0) is 25.0. The van der Waals surface area contributed by atoms with Crippen molar-refractivity contribution in [1.29, 1.82) is 0 Å². The second-order valence-electron chi connectivity index (χ2n) is 6.70. The summed E-state index contributed by atoms with van der Waals surface area (Å²) < 4.78 is 38.7. The lowest BCUT2D eigenvalue weighted by Crippen LogP contribution is -2.25. The van der Waals surface area contributed by atoms with Gasteiger partial charge in [0.2, 0.25) is 0 Å². The number of benzene rings is 2. The molecule has 34 heavy (non-hydrogen) atoms. The van der Waals surface area contributed by atoms with Crippen LogP contribution in [0, 0.1) is 0 Å². The molecule has 0 saturated carbocycles. The number of halogens is 4. The summed E-state index contributed by atoms with van der Waals surface area (Å²) in [5.74, 6) is -1.96. The predicted octanol–water partition coefficient (Wildman–Crippen LogP) is 4.95. The van der Waals surface area contributed by atoms with E-state index >= 15 is 0 Å². The van der Waals surface area contributed by atoms with Gasteiger partial charge in [0.05, 0.1) is 29.5 Å². The number of carbonyl (C=O) groups is 3. The molecular formula is C21H16ClF3N4O4S. The Bertz CT molecular complexity index is 1250. The Balaban J connectivity index is 1.75. The lowest BCUT2D eigenvalue weighted by Gasteiger charge is -2.11. The number of hydroxylamine groups is 2. The number of thiazole rings is 1. The summed E-state index contributed by atoms with van der Waals surface area (Å²) in [4.78, 5) is 45.9. The third kappa shape index (κ3) is 5.90. The van der Waals surface area contributed by atoms with E-state index in [1.165, 1.54) is 44.6 Å². The lowest BCUT2D eigenvalue weighted by molar-refractivity contribution is -0.137. The van der Waals surface area contributed by atoms with E-state index in [0.29, 0.717) is 0 Å². The van der Waals surface area contributed by atoms with Crippen LogP contribution in [-0.2, 0) is 11.0 Å². The molecule has 3 aromatic rings. The largest absolute Gasteiger partial charge is 0.416 e. The minimum Gasteiger partial charge on any atom is -0.322 e. The van der Waals surface area contributed by atoms with Gasteiger partial charge in [0.25, 0.3) is 11.8 Å². The molecule has 0 spiro atoms. The highest BCUT2D eigenvalue weighted by molar-refractivity contribution is 7.17. The number of aromatic nitrogens is 1. The second kappa shape index (κ2) is 10.2. The summed E-state index contributed by atoms with van der Waals surface area (Å²) in [7, 11) is 2.72. The number of amides is 3. The van der Waals surface area contributed by atoms with E-state index in [-0.39, 0.29) is 31.8 Å². The van der Waals surface area contributed by atoms with Gasteiger partial charge < -0.3 is 10.6 Å². The van der Waals surface area contributed by atoms with Crippen LogP contribution in [0.4, 0.5) is 23.9 Å². The number of nitrogens with zero attached hydrogens (tertiary/aromatic N) is 2. The van der Waals surface area contributed by atoms with Crippen molar-refractivity contribution in [3.63, 3.8) is 0 Å². The molecule has 0 atom stereocenters. The van der Waals surface area contributed by atoms with Crippen molar-refractivity contribution >= 4 is 51.3 Å². The van der Waals surface area contributed by atoms with Gasteiger partial charge in [0.15, 0.2) is 5.01 Å². The Morgan fingerprint density at radius 2 is 1.82 bits per heavy atom. The van der Waals surface area contributed by atoms with Gasteiger partial charge in [-0.15, -0.1) is 0 Å². The van der Waals surface area contributed by atoms with Crippen LogP contribution in [0.15, 0.2) is 48.7 Å². The molecule has 1 aromatic heterocycles. The first-order chi connectivity index (χ1) is 16.0. The summed E-state index contributed by atoms with van der Waals surface area (Å²) in [6.07, 6.45) is -3.31. The molecule has 0 fully saturated rings. The first kappa shape index (κ1) is 25.1. The molecule has 0 saturated heterocycles. The Kier molecular flexibility index (Phi) is 7.54. The highest BCUT2D eigenvalue weighted by Gasteiger charge is 2.31. The average Bonchev–Trinajstić information content (AvgIpc) is 3.27. The zero-order valence-electron chi connectivity index (χ0n) is 17.6. The van der Waals surface area contributed by atoms with Crippen molar-refractivity contribution in [3.05, 3.63) is 75.4 Å². The van der Waals surface area contributed by atoms with Gasteiger partial charge in [0.1, 0.15) is 5.00 Å². The van der Waals surface area contributed by atoms with E-state index in [4.69, 9.17) is 16.4 Å². The molecule has 3 amide bonds. The molecule has 0 radical (unpaired) electrons. The van der Waals surface area contributed by atoms with Crippen molar-refractivity contribution in [2.75, 3.05) is 24.8 Å². The molecule has 2 N–H and O–H groups in total. The molecule has 0 aliphatic heterocycles. The van der Waals surface area contributed by atoms with Gasteiger partial charge in [-0.1, -0.05) is 29.0 Å². The Morgan fingerprint density at radius 1 is 1.09 bits per heavy atom. The van der Waals surface area contributed by atoms with Crippen LogP contribution in [0.25, 0.3) is 0 Å². The highest BCUT2D eigenvalue weighted by atomic mass is 35.5. The summed E-state index contributed by atoms with van der Waals surface area (Å²) in [5, 5.41) is 6.36. The maximum Gasteiger partial charge on any atom is 0.416 e. The standard InChI is InChI=1S/C21H16ClF3N4O4S/c1-29(33-2)20(32)19-26-10-16(34-19)28-18(31)14-9-13(6-7-15(14)22)27-17(30)11-4-3-5-12(8-11)21(23,24)25/h3-10H,1-2H3,(H,27,30)(H,28,31). The van der Waals surface area contributed by atoms with Gasteiger partial charge in [0, 0.05) is 18.3 Å². The third-order valence-electron chi connectivity index (χ3n) is 4.41. The number of hydrogen-bond donors (Lipinski definition) is 2. The first-order valence-corrected chi connectivity index (χ1v) is 10.6. The third-order valence-corrected chi connectivity index (χ3v) is 5.64. The molecule has 0 aliphatic carbocycles. The van der Waals surface area contributed by atoms with Crippen molar-refractivity contribution in [2.24, 2.45) is 0 Å². The Morgan fingerprint density at radius 3 is 2.50 bits per heavy atom. The smallest absolute Gasteiger partial charge is 0.322 e. The predicted molar refractivity (Wildman–Crippen MR) is 120 cm³/mol. The van der Waals surface area contributed by atoms with E-state index < -0.39 is 29.5 Å². The van der Waals surface area contributed by atoms with Crippen LogP contribution in [0.1, 0.15) is 36.1 Å². The fourth-order valence-electron chi connectivity index (χ4n) is 2.64. The van der Waals surface area contributed by atoms with Gasteiger partial charge in [-0.3, -0.25) is 19.2 Å². The van der Waals surface area contributed by atoms with Crippen molar-refractivity contribution in [2.45, 2.75) is 6.18 Å². The van der Waals surface area contributed by atoms with E-state index in [9.17, 15) is 27.6 Å². The van der Waals surface area contributed by atoms with Gasteiger partial charge in [-0.25, -0.2) is 10.0 Å². The zero-order valence-corrected chi connectivity index (χ0v) is 19.1. The normalized spacial score (nSPS) is 11.1. The number of carbonyl (C=O) groups excluding carboxylic acids is 3. The Labute approximate surface area is 200 Å². The van der Waals surface area contributed by atoms with Crippen LogP contribution < -0.4 is 10.6 Å². The molecule has 178 valence electrons. The Hall–Kier alpha value is -3.48. The summed E-state index contributed by atoms with van der Waals surface area (Å²) >= 11 is 7.02. The molecule has 1 heterocycles. The fourth-order valence-corrected chi connectivity index (χ4v) is 3.63. The van der Waals surface area contributed by atoms with E-state index in [2.05, 4.69) is 15.6 Å². The molecule has 0 aliphatic rings. The molecule has 0 bridgehead atoms. The van der Waals surface area contributed by atoms with Gasteiger partial charge in [-0.2, -0.15) is 13.2 Å². The summed E-state index contributed by atoms with van der Waals surface area (Å²) in [6.45, 7) is 0. The number of anilines is 2. The first-order valence-electron chi connectivity index (χ1n) is 9.37. The van der Waals surface area contributed by atoms with Crippen molar-refractivity contribution in [3.8, 4) is 0 Å².